The molecule has 9 heteroatoms. The lowest BCUT2D eigenvalue weighted by Gasteiger charge is -2.34. The van der Waals surface area contributed by atoms with E-state index in [1.54, 1.807) is 29.9 Å². The number of nitrogens with one attached hydrogen (secondary N) is 1. The molecule has 1 amide bonds. The number of ether oxygens (including phenoxy) is 1. The highest BCUT2D eigenvalue weighted by Gasteiger charge is 2.29. The van der Waals surface area contributed by atoms with Crippen molar-refractivity contribution in [3.63, 3.8) is 0 Å². The maximum absolute atomic E-state index is 13.5. The molecule has 0 bridgehead atoms. The number of anilines is 2. The number of aromatic nitrogens is 2. The largest absolute Gasteiger partial charge is 0.497 e. The van der Waals surface area contributed by atoms with E-state index in [2.05, 4.69) is 5.32 Å². The smallest absolute Gasteiger partial charge is 0.277 e. The van der Waals surface area contributed by atoms with Gasteiger partial charge in [-0.2, -0.15) is 0 Å². The molecule has 1 saturated heterocycles. The third kappa shape index (κ3) is 4.26. The molecule has 1 N–H and O–H groups in total. The highest BCUT2D eigenvalue weighted by molar-refractivity contribution is 7.17. The predicted molar refractivity (Wildman–Crippen MR) is 132 cm³/mol. The van der Waals surface area contributed by atoms with Gasteiger partial charge in [-0.1, -0.05) is 6.07 Å². The maximum atomic E-state index is 13.5. The van der Waals surface area contributed by atoms with Crippen molar-refractivity contribution < 1.29 is 13.9 Å². The summed E-state index contributed by atoms with van der Waals surface area (Å²) >= 11 is 1.36. The third-order valence-electron chi connectivity index (χ3n) is 5.96. The van der Waals surface area contributed by atoms with Crippen molar-refractivity contribution in [2.75, 3.05) is 30.4 Å². The molecule has 0 spiro atoms. The molecule has 0 saturated carbocycles. The van der Waals surface area contributed by atoms with Gasteiger partial charge < -0.3 is 15.0 Å². The number of benzene rings is 2. The number of piperidine rings is 1. The summed E-state index contributed by atoms with van der Waals surface area (Å²) in [7, 11) is 1.58. The molecule has 2 aromatic heterocycles. The number of halogens is 1. The molecule has 3 heterocycles. The number of fused-ring (bicyclic) bond motifs is 1. The zero-order valence-electron chi connectivity index (χ0n) is 18.5. The SMILES string of the molecule is COc1cccc(-n2c(N3CCCC(C(=O)Nc4ccc(F)cc4)C3)nc3ccsc3c2=O)c1. The van der Waals surface area contributed by atoms with Crippen molar-refractivity contribution in [1.29, 1.82) is 0 Å². The standard InChI is InChI=1S/C25H23FN4O3S/c1-33-20-6-2-5-19(14-20)30-24(32)22-21(11-13-34-22)28-25(30)29-12-3-4-16(15-29)23(31)27-18-9-7-17(26)8-10-18/h2,5-11,13-14,16H,3-4,12,15H2,1H3,(H,27,31). The first-order valence-corrected chi connectivity index (χ1v) is 11.9. The van der Waals surface area contributed by atoms with Crippen molar-refractivity contribution in [1.82, 2.24) is 9.55 Å². The van der Waals surface area contributed by atoms with Gasteiger partial charge in [0.05, 0.1) is 24.2 Å². The molecule has 2 aromatic carbocycles. The van der Waals surface area contributed by atoms with Gasteiger partial charge >= 0.3 is 0 Å². The Kier molecular flexibility index (Phi) is 6.02. The van der Waals surface area contributed by atoms with Crippen LogP contribution in [-0.4, -0.2) is 35.7 Å². The number of methoxy groups -OCH3 is 1. The summed E-state index contributed by atoms with van der Waals surface area (Å²) in [6, 6.07) is 14.8. The highest BCUT2D eigenvalue weighted by Crippen LogP contribution is 2.28. The second kappa shape index (κ2) is 9.26. The summed E-state index contributed by atoms with van der Waals surface area (Å²) in [6.45, 7) is 1.09. The van der Waals surface area contributed by atoms with Crippen molar-refractivity contribution >= 4 is 39.1 Å². The summed E-state index contributed by atoms with van der Waals surface area (Å²) < 4.78 is 20.7. The Morgan fingerprint density at radius 2 is 2.03 bits per heavy atom. The number of carbonyl (C=O) groups is 1. The Hall–Kier alpha value is -3.72. The average molecular weight is 479 g/mol. The summed E-state index contributed by atoms with van der Waals surface area (Å²) in [4.78, 5) is 33.3. The summed E-state index contributed by atoms with van der Waals surface area (Å²) in [5.74, 6) is 0.350. The normalized spacial score (nSPS) is 15.9. The number of hydrogen-bond donors (Lipinski definition) is 1. The summed E-state index contributed by atoms with van der Waals surface area (Å²) in [5, 5.41) is 4.73. The van der Waals surface area contributed by atoms with E-state index in [-0.39, 0.29) is 23.2 Å². The van der Waals surface area contributed by atoms with Crippen LogP contribution in [0.25, 0.3) is 15.9 Å². The number of thiophene rings is 1. The number of carbonyl (C=O) groups excluding carboxylic acids is 1. The Morgan fingerprint density at radius 3 is 2.82 bits per heavy atom. The van der Waals surface area contributed by atoms with E-state index < -0.39 is 0 Å². The molecule has 1 fully saturated rings. The zero-order valence-corrected chi connectivity index (χ0v) is 19.3. The number of hydrogen-bond acceptors (Lipinski definition) is 6. The minimum absolute atomic E-state index is 0.136. The molecule has 1 aliphatic rings. The van der Waals surface area contributed by atoms with Gasteiger partial charge in [0.15, 0.2) is 0 Å². The maximum Gasteiger partial charge on any atom is 0.277 e. The van der Waals surface area contributed by atoms with E-state index in [0.29, 0.717) is 52.8 Å². The molecular formula is C25H23FN4O3S. The summed E-state index contributed by atoms with van der Waals surface area (Å²) in [6.07, 6.45) is 1.49. The van der Waals surface area contributed by atoms with Crippen LogP contribution in [0.3, 0.4) is 0 Å². The Balaban J connectivity index is 1.50. The lowest BCUT2D eigenvalue weighted by atomic mass is 9.97. The van der Waals surface area contributed by atoms with E-state index in [0.717, 1.165) is 6.42 Å². The van der Waals surface area contributed by atoms with Gasteiger partial charge in [0, 0.05) is 24.8 Å². The Morgan fingerprint density at radius 1 is 1.21 bits per heavy atom. The van der Waals surface area contributed by atoms with Gasteiger partial charge in [-0.3, -0.25) is 9.59 Å². The van der Waals surface area contributed by atoms with Crippen LogP contribution in [0.2, 0.25) is 0 Å². The monoisotopic (exact) mass is 478 g/mol. The molecule has 1 unspecified atom stereocenters. The minimum Gasteiger partial charge on any atom is -0.497 e. The first-order valence-electron chi connectivity index (χ1n) is 11.0. The van der Waals surface area contributed by atoms with Gasteiger partial charge in [0.25, 0.3) is 5.56 Å². The predicted octanol–water partition coefficient (Wildman–Crippen LogP) is 4.45. The molecule has 5 rings (SSSR count). The lowest BCUT2D eigenvalue weighted by Crippen LogP contribution is -2.43. The van der Waals surface area contributed by atoms with Crippen LogP contribution in [0, 0.1) is 11.7 Å². The van der Waals surface area contributed by atoms with Gasteiger partial charge in [-0.25, -0.2) is 13.9 Å². The molecule has 174 valence electrons. The molecule has 1 aliphatic heterocycles. The topological polar surface area (TPSA) is 76.5 Å². The highest BCUT2D eigenvalue weighted by atomic mass is 32.1. The minimum atomic E-state index is -0.354. The van der Waals surface area contributed by atoms with E-state index in [1.165, 1.54) is 23.5 Å². The van der Waals surface area contributed by atoms with Gasteiger partial charge in [0.2, 0.25) is 11.9 Å². The molecular weight excluding hydrogens is 455 g/mol. The number of rotatable bonds is 5. The molecule has 7 nitrogen and oxygen atoms in total. The first kappa shape index (κ1) is 22.1. The second-order valence-corrected chi connectivity index (χ2v) is 9.09. The van der Waals surface area contributed by atoms with Crippen molar-refractivity contribution in [3.8, 4) is 11.4 Å². The quantitative estimate of drug-likeness (QED) is 0.459. The lowest BCUT2D eigenvalue weighted by molar-refractivity contribution is -0.120. The van der Waals surface area contributed by atoms with Crippen LogP contribution in [-0.2, 0) is 4.79 Å². The van der Waals surface area contributed by atoms with Gasteiger partial charge in [0.1, 0.15) is 16.3 Å². The van der Waals surface area contributed by atoms with Crippen LogP contribution in [0.15, 0.2) is 64.8 Å². The van der Waals surface area contributed by atoms with Gasteiger partial charge in [-0.05, 0) is 60.7 Å². The Bertz CT molecular complexity index is 1400. The molecule has 0 radical (unpaired) electrons. The number of nitrogens with zero attached hydrogens (tertiary/aromatic N) is 3. The third-order valence-corrected chi connectivity index (χ3v) is 6.85. The van der Waals surface area contributed by atoms with Gasteiger partial charge in [-0.15, -0.1) is 11.3 Å². The van der Waals surface area contributed by atoms with Crippen LogP contribution < -0.4 is 20.5 Å². The summed E-state index contributed by atoms with van der Waals surface area (Å²) in [5.41, 5.74) is 1.69. The van der Waals surface area contributed by atoms with Crippen LogP contribution >= 0.6 is 11.3 Å². The van der Waals surface area contributed by atoms with E-state index in [1.807, 2.05) is 34.5 Å². The fraction of sp³-hybridized carbons (Fsp3) is 0.240. The Labute approximate surface area is 199 Å². The fourth-order valence-electron chi connectivity index (χ4n) is 4.25. The van der Waals surface area contributed by atoms with Crippen molar-refractivity contribution in [2.45, 2.75) is 12.8 Å². The average Bonchev–Trinajstić information content (AvgIpc) is 3.35. The van der Waals surface area contributed by atoms with E-state index in [4.69, 9.17) is 9.72 Å². The zero-order chi connectivity index (χ0) is 23.7. The van der Waals surface area contributed by atoms with Crippen LogP contribution in [0.5, 0.6) is 5.75 Å². The number of amides is 1. The van der Waals surface area contributed by atoms with E-state index >= 15 is 0 Å². The van der Waals surface area contributed by atoms with E-state index in [9.17, 15) is 14.0 Å². The second-order valence-electron chi connectivity index (χ2n) is 8.17. The van der Waals surface area contributed by atoms with Crippen LogP contribution in [0.4, 0.5) is 16.0 Å². The van der Waals surface area contributed by atoms with Crippen molar-refractivity contribution in [2.24, 2.45) is 5.92 Å². The molecule has 0 aliphatic carbocycles. The van der Waals surface area contributed by atoms with Crippen LogP contribution in [0.1, 0.15) is 12.8 Å². The first-order chi connectivity index (χ1) is 16.5. The molecule has 4 aromatic rings. The fourth-order valence-corrected chi connectivity index (χ4v) is 5.01. The molecule has 1 atom stereocenters. The molecule has 34 heavy (non-hydrogen) atoms. The van der Waals surface area contributed by atoms with Crippen molar-refractivity contribution in [3.05, 3.63) is 76.1 Å².